The first-order chi connectivity index (χ1) is 8.39. The number of aromatic nitrogens is 1. The van der Waals surface area contributed by atoms with E-state index >= 15 is 0 Å². The number of carbonyl (C=O) groups is 2. The van der Waals surface area contributed by atoms with Crippen LogP contribution < -0.4 is 10.9 Å². The fourth-order valence-electron chi connectivity index (χ4n) is 1.30. The van der Waals surface area contributed by atoms with E-state index in [4.69, 9.17) is 5.11 Å². The first kappa shape index (κ1) is 14.0. The maximum Gasteiger partial charge on any atom is 0.311 e. The molecule has 1 amide bonds. The first-order valence-electron chi connectivity index (χ1n) is 5.60. The maximum atomic E-state index is 11.7. The van der Waals surface area contributed by atoms with E-state index in [9.17, 15) is 14.4 Å². The average Bonchev–Trinajstić information content (AvgIpc) is 2.35. The molecule has 0 aliphatic carbocycles. The number of aromatic amines is 1. The van der Waals surface area contributed by atoms with Gasteiger partial charge < -0.3 is 15.4 Å². The number of carboxylic acids is 1. The Kier molecular flexibility index (Phi) is 4.25. The summed E-state index contributed by atoms with van der Waals surface area (Å²) in [5.41, 5.74) is -1.27. The number of hydrogen-bond acceptors (Lipinski definition) is 3. The number of H-pyrrole nitrogens is 1. The molecular formula is C12H16N2O4. The average molecular weight is 252 g/mol. The van der Waals surface area contributed by atoms with Gasteiger partial charge in [0.2, 0.25) is 5.56 Å². The Morgan fingerprint density at radius 3 is 2.61 bits per heavy atom. The third-order valence-electron chi connectivity index (χ3n) is 2.95. The lowest BCUT2D eigenvalue weighted by Gasteiger charge is -2.23. The number of aliphatic carboxylic acids is 1. The van der Waals surface area contributed by atoms with E-state index in [0.717, 1.165) is 0 Å². The molecule has 0 radical (unpaired) electrons. The van der Waals surface area contributed by atoms with Crippen molar-refractivity contribution in [1.29, 1.82) is 0 Å². The highest BCUT2D eigenvalue weighted by Crippen LogP contribution is 2.19. The summed E-state index contributed by atoms with van der Waals surface area (Å²) in [6.07, 6.45) is 0.397. The smallest absolute Gasteiger partial charge is 0.311 e. The summed E-state index contributed by atoms with van der Waals surface area (Å²) in [7, 11) is 0. The van der Waals surface area contributed by atoms with Crippen LogP contribution in [0.4, 0.5) is 0 Å². The van der Waals surface area contributed by atoms with Crippen LogP contribution in [0.5, 0.6) is 0 Å². The molecule has 6 nitrogen and oxygen atoms in total. The van der Waals surface area contributed by atoms with Gasteiger partial charge in [-0.1, -0.05) is 13.0 Å². The molecule has 98 valence electrons. The van der Waals surface area contributed by atoms with Crippen molar-refractivity contribution in [3.8, 4) is 0 Å². The van der Waals surface area contributed by atoms with Gasteiger partial charge in [-0.15, -0.1) is 0 Å². The fraction of sp³-hybridized carbons (Fsp3) is 0.417. The zero-order valence-corrected chi connectivity index (χ0v) is 10.3. The van der Waals surface area contributed by atoms with Crippen LogP contribution in [0.1, 0.15) is 30.8 Å². The summed E-state index contributed by atoms with van der Waals surface area (Å²) in [5.74, 6) is -1.46. The van der Waals surface area contributed by atoms with Crippen LogP contribution >= 0.6 is 0 Å². The van der Waals surface area contributed by atoms with Crippen LogP contribution in [-0.4, -0.2) is 28.5 Å². The second-order valence-electron chi connectivity index (χ2n) is 4.33. The molecule has 0 spiro atoms. The summed E-state index contributed by atoms with van der Waals surface area (Å²) in [6.45, 7) is 3.31. The molecule has 0 aromatic carbocycles. The molecule has 0 saturated carbocycles. The van der Waals surface area contributed by atoms with Crippen molar-refractivity contribution >= 4 is 11.9 Å². The van der Waals surface area contributed by atoms with Gasteiger partial charge in [-0.3, -0.25) is 14.4 Å². The Morgan fingerprint density at radius 2 is 2.11 bits per heavy atom. The lowest BCUT2D eigenvalue weighted by atomic mass is 9.88. The zero-order valence-electron chi connectivity index (χ0n) is 10.3. The Morgan fingerprint density at radius 1 is 1.44 bits per heavy atom. The lowest BCUT2D eigenvalue weighted by Crippen LogP contribution is -2.41. The standard InChI is InChI=1S/C12H16N2O4/c1-3-12(2,11(17)18)7-13-10(16)8-5-4-6-9(15)14-8/h4-6H,3,7H2,1-2H3,(H,13,16)(H,14,15)(H,17,18). The molecule has 0 aliphatic rings. The Labute approximate surface area is 104 Å². The topological polar surface area (TPSA) is 99.3 Å². The Hall–Kier alpha value is -2.11. The largest absolute Gasteiger partial charge is 0.481 e. The molecule has 0 saturated heterocycles. The molecule has 1 rings (SSSR count). The van der Waals surface area contributed by atoms with E-state index in [1.807, 2.05) is 0 Å². The number of amides is 1. The van der Waals surface area contributed by atoms with Gasteiger partial charge in [-0.25, -0.2) is 0 Å². The molecule has 1 aromatic rings. The molecule has 0 fully saturated rings. The first-order valence-corrected chi connectivity index (χ1v) is 5.60. The van der Waals surface area contributed by atoms with Crippen LogP contribution in [0.2, 0.25) is 0 Å². The minimum atomic E-state index is -1.01. The van der Waals surface area contributed by atoms with E-state index in [1.54, 1.807) is 13.8 Å². The van der Waals surface area contributed by atoms with Gasteiger partial charge in [0.05, 0.1) is 5.41 Å². The molecule has 0 aliphatic heterocycles. The van der Waals surface area contributed by atoms with Gasteiger partial charge in [-0.2, -0.15) is 0 Å². The van der Waals surface area contributed by atoms with Crippen LogP contribution in [0, 0.1) is 5.41 Å². The highest BCUT2D eigenvalue weighted by Gasteiger charge is 2.31. The van der Waals surface area contributed by atoms with Gasteiger partial charge in [0.15, 0.2) is 0 Å². The number of pyridine rings is 1. The quantitative estimate of drug-likeness (QED) is 0.714. The predicted octanol–water partition coefficient (Wildman–Crippen LogP) is 0.606. The van der Waals surface area contributed by atoms with E-state index in [0.29, 0.717) is 6.42 Å². The fourth-order valence-corrected chi connectivity index (χ4v) is 1.30. The van der Waals surface area contributed by atoms with Crippen molar-refractivity contribution in [2.45, 2.75) is 20.3 Å². The predicted molar refractivity (Wildman–Crippen MR) is 65.4 cm³/mol. The summed E-state index contributed by atoms with van der Waals surface area (Å²) >= 11 is 0. The highest BCUT2D eigenvalue weighted by molar-refractivity contribution is 5.92. The molecule has 3 N–H and O–H groups in total. The second kappa shape index (κ2) is 5.48. The molecule has 1 heterocycles. The van der Waals surface area contributed by atoms with E-state index in [1.165, 1.54) is 18.2 Å². The van der Waals surface area contributed by atoms with Gasteiger partial charge in [0.1, 0.15) is 5.69 Å². The third kappa shape index (κ3) is 3.19. The van der Waals surface area contributed by atoms with Crippen LogP contribution in [-0.2, 0) is 4.79 Å². The Balaban J connectivity index is 2.72. The molecule has 0 bridgehead atoms. The van der Waals surface area contributed by atoms with Crippen molar-refractivity contribution in [1.82, 2.24) is 10.3 Å². The molecule has 1 atom stereocenters. The molecule has 18 heavy (non-hydrogen) atoms. The number of carboxylic acid groups (broad SMARTS) is 1. The maximum absolute atomic E-state index is 11.7. The van der Waals surface area contributed by atoms with Crippen molar-refractivity contribution < 1.29 is 14.7 Å². The number of rotatable bonds is 5. The normalized spacial score (nSPS) is 13.7. The van der Waals surface area contributed by atoms with E-state index in [-0.39, 0.29) is 17.8 Å². The van der Waals surface area contributed by atoms with Crippen LogP contribution in [0.25, 0.3) is 0 Å². The van der Waals surface area contributed by atoms with E-state index < -0.39 is 17.3 Å². The number of carbonyl (C=O) groups excluding carboxylic acids is 1. The Bertz CT molecular complexity index is 509. The zero-order chi connectivity index (χ0) is 13.8. The van der Waals surface area contributed by atoms with Crippen molar-refractivity contribution in [3.05, 3.63) is 34.2 Å². The van der Waals surface area contributed by atoms with E-state index in [2.05, 4.69) is 10.3 Å². The van der Waals surface area contributed by atoms with Crippen LogP contribution in [0.3, 0.4) is 0 Å². The minimum absolute atomic E-state index is 0.00852. The summed E-state index contributed by atoms with van der Waals surface area (Å²) in [5, 5.41) is 11.6. The molecule has 6 heteroatoms. The SMILES string of the molecule is CCC(C)(CNC(=O)c1cccc(=O)[nH]1)C(=O)O. The highest BCUT2D eigenvalue weighted by atomic mass is 16.4. The van der Waals surface area contributed by atoms with Gasteiger partial charge in [-0.05, 0) is 19.4 Å². The summed E-state index contributed by atoms with van der Waals surface area (Å²) in [6, 6.07) is 4.22. The van der Waals surface area contributed by atoms with Gasteiger partial charge in [0, 0.05) is 12.6 Å². The number of hydrogen-bond donors (Lipinski definition) is 3. The molecule has 1 unspecified atom stereocenters. The molecule has 1 aromatic heterocycles. The van der Waals surface area contributed by atoms with Gasteiger partial charge >= 0.3 is 5.97 Å². The van der Waals surface area contributed by atoms with Crippen LogP contribution in [0.15, 0.2) is 23.0 Å². The molecular weight excluding hydrogens is 236 g/mol. The monoisotopic (exact) mass is 252 g/mol. The summed E-state index contributed by atoms with van der Waals surface area (Å²) < 4.78 is 0. The lowest BCUT2D eigenvalue weighted by molar-refractivity contribution is -0.147. The van der Waals surface area contributed by atoms with Crippen molar-refractivity contribution in [2.75, 3.05) is 6.54 Å². The van der Waals surface area contributed by atoms with Gasteiger partial charge in [0.25, 0.3) is 5.91 Å². The third-order valence-corrected chi connectivity index (χ3v) is 2.95. The minimum Gasteiger partial charge on any atom is -0.481 e. The second-order valence-corrected chi connectivity index (χ2v) is 4.33. The summed E-state index contributed by atoms with van der Waals surface area (Å²) in [4.78, 5) is 36.2. The van der Waals surface area contributed by atoms with Crippen molar-refractivity contribution in [2.24, 2.45) is 5.41 Å². The van der Waals surface area contributed by atoms with Crippen molar-refractivity contribution in [3.63, 3.8) is 0 Å². The number of nitrogens with one attached hydrogen (secondary N) is 2.